The van der Waals surface area contributed by atoms with E-state index in [-0.39, 0.29) is 18.0 Å². The first-order valence-corrected chi connectivity index (χ1v) is 14.5. The van der Waals surface area contributed by atoms with Gasteiger partial charge in [-0.05, 0) is 62.6 Å². The Labute approximate surface area is 228 Å². The van der Waals surface area contributed by atoms with E-state index in [1.807, 2.05) is 6.07 Å². The predicted molar refractivity (Wildman–Crippen MR) is 148 cm³/mol. The standard InChI is InChI=1S/C25H38ClN9OS/c1-25(2)9-6-17(7-10-25)21(34-14-12-33(3)13-15-34)22(36)28-24-32-31-23(37-24)27-18-8-11-35(16-18)20-5-4-19(26)29-30-20/h4-5,17-18,21H,6-16H2,1-3H3,(H,27,31)(H,28,32,36)/t18-,21+/m1/s1. The Morgan fingerprint density at radius 3 is 2.46 bits per heavy atom. The lowest BCUT2D eigenvalue weighted by atomic mass is 9.70. The molecule has 3 aliphatic rings. The van der Waals surface area contributed by atoms with Crippen molar-refractivity contribution < 1.29 is 4.79 Å². The minimum Gasteiger partial charge on any atom is -0.355 e. The molecule has 2 aromatic heterocycles. The van der Waals surface area contributed by atoms with Crippen molar-refractivity contribution in [2.45, 2.75) is 58.0 Å². The van der Waals surface area contributed by atoms with Crippen LogP contribution >= 0.6 is 22.9 Å². The summed E-state index contributed by atoms with van der Waals surface area (Å²) in [6.07, 6.45) is 5.48. The Kier molecular flexibility index (Phi) is 8.13. The molecule has 0 aromatic carbocycles. The highest BCUT2D eigenvalue weighted by atomic mass is 35.5. The second-order valence-electron chi connectivity index (χ2n) is 11.5. The number of hydrogen-bond acceptors (Lipinski definition) is 10. The van der Waals surface area contributed by atoms with E-state index in [0.29, 0.717) is 21.6 Å². The molecule has 0 unspecified atom stereocenters. The molecular weight excluding hydrogens is 510 g/mol. The Morgan fingerprint density at radius 2 is 1.76 bits per heavy atom. The van der Waals surface area contributed by atoms with Crippen LogP contribution in [-0.2, 0) is 4.79 Å². The molecule has 2 aromatic rings. The molecule has 4 heterocycles. The number of halogens is 1. The molecule has 12 heteroatoms. The van der Waals surface area contributed by atoms with Gasteiger partial charge in [-0.25, -0.2) is 0 Å². The molecule has 2 aliphatic heterocycles. The van der Waals surface area contributed by atoms with Crippen LogP contribution in [0, 0.1) is 11.3 Å². The van der Waals surface area contributed by atoms with Gasteiger partial charge in [-0.15, -0.1) is 20.4 Å². The summed E-state index contributed by atoms with van der Waals surface area (Å²) in [5.74, 6) is 1.26. The quantitative estimate of drug-likeness (QED) is 0.539. The Hall–Kier alpha value is -2.08. The van der Waals surface area contributed by atoms with Gasteiger partial charge in [0.2, 0.25) is 16.2 Å². The van der Waals surface area contributed by atoms with Gasteiger partial charge >= 0.3 is 0 Å². The van der Waals surface area contributed by atoms with Gasteiger partial charge in [-0.1, -0.05) is 36.8 Å². The number of hydrogen-bond donors (Lipinski definition) is 2. The minimum absolute atomic E-state index is 0.0605. The van der Waals surface area contributed by atoms with Crippen LogP contribution in [0.15, 0.2) is 12.1 Å². The number of likely N-dealkylation sites (N-methyl/N-ethyl adjacent to an activating group) is 1. The molecule has 0 radical (unpaired) electrons. The zero-order chi connectivity index (χ0) is 26.0. The van der Waals surface area contributed by atoms with Gasteiger partial charge in [0.1, 0.15) is 0 Å². The molecule has 37 heavy (non-hydrogen) atoms. The number of amides is 1. The lowest BCUT2D eigenvalue weighted by Crippen LogP contribution is -2.56. The van der Waals surface area contributed by atoms with Gasteiger partial charge in [0.25, 0.3) is 0 Å². The van der Waals surface area contributed by atoms with Gasteiger partial charge in [-0.2, -0.15) is 0 Å². The topological polar surface area (TPSA) is 102 Å². The second kappa shape index (κ2) is 11.3. The summed E-state index contributed by atoms with van der Waals surface area (Å²) in [5.41, 5.74) is 0.370. The number of aromatic nitrogens is 4. The third-order valence-corrected chi connectivity index (χ3v) is 9.11. The van der Waals surface area contributed by atoms with Crippen LogP contribution in [0.3, 0.4) is 0 Å². The average Bonchev–Trinajstić information content (AvgIpc) is 3.52. The SMILES string of the molecule is CN1CCN([C@H](C(=O)Nc2nnc(N[C@@H]3CCN(c4ccc(Cl)nn4)C3)s2)C2CCC(C)(C)CC2)CC1. The monoisotopic (exact) mass is 547 g/mol. The van der Waals surface area contributed by atoms with Crippen LogP contribution < -0.4 is 15.5 Å². The van der Waals surface area contributed by atoms with Crippen molar-refractivity contribution >= 4 is 44.9 Å². The fourth-order valence-electron chi connectivity index (χ4n) is 5.77. The molecule has 0 spiro atoms. The van der Waals surface area contributed by atoms with Gasteiger partial charge in [0, 0.05) is 45.3 Å². The molecule has 1 saturated carbocycles. The number of nitrogens with zero attached hydrogens (tertiary/aromatic N) is 7. The fraction of sp³-hybridized carbons (Fsp3) is 0.720. The van der Waals surface area contributed by atoms with Crippen molar-refractivity contribution in [1.82, 2.24) is 30.2 Å². The van der Waals surface area contributed by atoms with Gasteiger partial charge in [0.15, 0.2) is 11.0 Å². The number of piperazine rings is 1. The Balaban J connectivity index is 1.19. The van der Waals surface area contributed by atoms with E-state index in [0.717, 1.165) is 69.5 Å². The summed E-state index contributed by atoms with van der Waals surface area (Å²) in [7, 11) is 2.15. The van der Waals surface area contributed by atoms with E-state index in [1.54, 1.807) is 6.07 Å². The summed E-state index contributed by atoms with van der Waals surface area (Å²) < 4.78 is 0. The fourth-order valence-corrected chi connectivity index (χ4v) is 6.59. The third-order valence-electron chi connectivity index (χ3n) is 8.14. The van der Waals surface area contributed by atoms with Gasteiger partial charge in [-0.3, -0.25) is 15.0 Å². The summed E-state index contributed by atoms with van der Waals surface area (Å²) in [5, 5.41) is 25.0. The van der Waals surface area contributed by atoms with Gasteiger partial charge < -0.3 is 15.1 Å². The molecule has 202 valence electrons. The molecule has 3 fully saturated rings. The van der Waals surface area contributed by atoms with Crippen molar-refractivity contribution in [2.24, 2.45) is 11.3 Å². The molecule has 1 aliphatic carbocycles. The molecule has 1 amide bonds. The predicted octanol–water partition coefficient (Wildman–Crippen LogP) is 3.44. The van der Waals surface area contributed by atoms with Crippen molar-refractivity contribution in [1.29, 1.82) is 0 Å². The molecule has 0 bridgehead atoms. The van der Waals surface area contributed by atoms with Crippen LogP contribution in [0.5, 0.6) is 0 Å². The smallest absolute Gasteiger partial charge is 0.243 e. The van der Waals surface area contributed by atoms with Crippen LogP contribution in [0.2, 0.25) is 5.15 Å². The Bertz CT molecular complexity index is 1050. The average molecular weight is 548 g/mol. The van der Waals surface area contributed by atoms with Crippen molar-refractivity contribution in [3.63, 3.8) is 0 Å². The molecule has 5 rings (SSSR count). The number of anilines is 3. The highest BCUT2D eigenvalue weighted by Crippen LogP contribution is 2.40. The van der Waals surface area contributed by atoms with E-state index in [1.165, 1.54) is 24.2 Å². The number of carbonyl (C=O) groups excluding carboxylic acids is 1. The van der Waals surface area contributed by atoms with Crippen LogP contribution in [0.25, 0.3) is 0 Å². The Morgan fingerprint density at radius 1 is 1.03 bits per heavy atom. The molecule has 2 N–H and O–H groups in total. The number of carbonyl (C=O) groups is 1. The van der Waals surface area contributed by atoms with E-state index in [2.05, 4.69) is 66.6 Å². The lowest BCUT2D eigenvalue weighted by molar-refractivity contribution is -0.125. The maximum absolute atomic E-state index is 13.7. The van der Waals surface area contributed by atoms with Crippen LogP contribution in [0.4, 0.5) is 16.1 Å². The summed E-state index contributed by atoms with van der Waals surface area (Å²) >= 11 is 7.27. The maximum atomic E-state index is 13.7. The van der Waals surface area contributed by atoms with Crippen LogP contribution in [0.1, 0.15) is 46.0 Å². The minimum atomic E-state index is -0.117. The first-order valence-electron chi connectivity index (χ1n) is 13.3. The second-order valence-corrected chi connectivity index (χ2v) is 12.8. The van der Waals surface area contributed by atoms with Crippen LogP contribution in [-0.4, -0.2) is 94.5 Å². The molecule has 2 atom stereocenters. The zero-order valence-corrected chi connectivity index (χ0v) is 23.6. The highest BCUT2D eigenvalue weighted by Gasteiger charge is 2.39. The highest BCUT2D eigenvalue weighted by molar-refractivity contribution is 7.19. The van der Waals surface area contributed by atoms with E-state index >= 15 is 0 Å². The summed E-state index contributed by atoms with van der Waals surface area (Å²) in [6.45, 7) is 10.2. The summed E-state index contributed by atoms with van der Waals surface area (Å²) in [6, 6.07) is 3.75. The molecular formula is C25H38ClN9OS. The van der Waals surface area contributed by atoms with E-state index < -0.39 is 0 Å². The third kappa shape index (κ3) is 6.68. The van der Waals surface area contributed by atoms with Crippen molar-refractivity contribution in [3.05, 3.63) is 17.3 Å². The maximum Gasteiger partial charge on any atom is 0.243 e. The normalized spacial score (nSPS) is 24.2. The van der Waals surface area contributed by atoms with E-state index in [4.69, 9.17) is 11.6 Å². The van der Waals surface area contributed by atoms with E-state index in [9.17, 15) is 4.79 Å². The summed E-state index contributed by atoms with van der Waals surface area (Å²) in [4.78, 5) is 20.6. The van der Waals surface area contributed by atoms with Gasteiger partial charge in [0.05, 0.1) is 6.04 Å². The van der Waals surface area contributed by atoms with Crippen molar-refractivity contribution in [2.75, 3.05) is 61.8 Å². The first kappa shape index (κ1) is 26.5. The lowest BCUT2D eigenvalue weighted by Gasteiger charge is -2.44. The number of nitrogens with one attached hydrogen (secondary N) is 2. The molecule has 10 nitrogen and oxygen atoms in total. The largest absolute Gasteiger partial charge is 0.355 e. The molecule has 2 saturated heterocycles. The first-order chi connectivity index (χ1) is 17.8. The number of rotatable bonds is 7. The van der Waals surface area contributed by atoms with Crippen molar-refractivity contribution in [3.8, 4) is 0 Å². The zero-order valence-electron chi connectivity index (χ0n) is 22.0.